The van der Waals surface area contributed by atoms with Gasteiger partial charge in [0.2, 0.25) is 5.79 Å². The molecule has 8 rings (SSSR count). The lowest BCUT2D eigenvalue weighted by Crippen LogP contribution is -2.74. The zero-order valence-corrected chi connectivity index (χ0v) is 28.2. The van der Waals surface area contributed by atoms with Gasteiger partial charge in [-0.3, -0.25) is 19.2 Å². The number of Topliss-reactive ketones (excluding diaryl/α,β-unsaturated/α-hetero) is 1. The van der Waals surface area contributed by atoms with Crippen LogP contribution in [-0.4, -0.2) is 105 Å². The van der Waals surface area contributed by atoms with Crippen LogP contribution in [0.5, 0.6) is 0 Å². The van der Waals surface area contributed by atoms with Crippen LogP contribution in [0.25, 0.3) is 0 Å². The second-order valence-electron chi connectivity index (χ2n) is 16.5. The van der Waals surface area contributed by atoms with Crippen LogP contribution in [0.15, 0.2) is 0 Å². The van der Waals surface area contributed by atoms with Crippen LogP contribution in [0.2, 0.25) is 0 Å². The van der Waals surface area contributed by atoms with E-state index in [2.05, 4.69) is 0 Å². The predicted molar refractivity (Wildman–Crippen MR) is 156 cm³/mol. The molecule has 3 N–H and O–H groups in total. The number of hydrogen-bond donors (Lipinski definition) is 3. The van der Waals surface area contributed by atoms with Gasteiger partial charge in [-0.2, -0.15) is 0 Å². The molecule has 0 aromatic carbocycles. The van der Waals surface area contributed by atoms with Gasteiger partial charge >= 0.3 is 23.9 Å². The first-order valence-electron chi connectivity index (χ1n) is 16.9. The quantitative estimate of drug-likeness (QED) is 0.205. The van der Waals surface area contributed by atoms with Gasteiger partial charge in [0.1, 0.15) is 36.6 Å². The fourth-order valence-corrected chi connectivity index (χ4v) is 12.9. The minimum Gasteiger partial charge on any atom is -0.459 e. The topological polar surface area (TPSA) is 208 Å². The molecule has 0 bridgehead atoms. The van der Waals surface area contributed by atoms with Crippen molar-refractivity contribution in [2.24, 2.45) is 57.7 Å². The molecule has 8 fully saturated rings. The van der Waals surface area contributed by atoms with Gasteiger partial charge in [0.15, 0.2) is 11.4 Å². The number of carbonyl (C=O) groups excluding carboxylic acids is 5. The maximum Gasteiger partial charge on any atom is 0.341 e. The Kier molecular flexibility index (Phi) is 6.35. The number of ketones is 1. The molecule has 8 aliphatic rings. The van der Waals surface area contributed by atoms with E-state index in [0.717, 1.165) is 0 Å². The number of ether oxygens (including phenoxy) is 6. The van der Waals surface area contributed by atoms with Gasteiger partial charge in [0.05, 0.1) is 17.6 Å². The Morgan fingerprint density at radius 1 is 0.833 bits per heavy atom. The van der Waals surface area contributed by atoms with Crippen molar-refractivity contribution in [1.82, 2.24) is 0 Å². The van der Waals surface area contributed by atoms with E-state index in [1.54, 1.807) is 20.8 Å². The van der Waals surface area contributed by atoms with Gasteiger partial charge in [-0.15, -0.1) is 0 Å². The smallest absolute Gasteiger partial charge is 0.341 e. The number of aliphatic hydroxyl groups is 3. The predicted octanol–water partition coefficient (Wildman–Crippen LogP) is 0.0530. The molecule has 0 aromatic rings. The Morgan fingerprint density at radius 3 is 2.04 bits per heavy atom. The number of aliphatic hydroxyl groups excluding tert-OH is 2. The lowest BCUT2D eigenvalue weighted by molar-refractivity contribution is -0.273. The highest BCUT2D eigenvalue weighted by Gasteiger charge is 2.93. The molecule has 20 unspecified atom stereocenters. The highest BCUT2D eigenvalue weighted by atomic mass is 16.8. The van der Waals surface area contributed by atoms with Crippen LogP contribution in [0.1, 0.15) is 61.8 Å². The first-order chi connectivity index (χ1) is 22.2. The lowest BCUT2D eigenvalue weighted by Gasteiger charge is -2.65. The molecular weight excluding hydrogens is 632 g/mol. The van der Waals surface area contributed by atoms with Crippen molar-refractivity contribution < 1.29 is 67.7 Å². The first kappa shape index (κ1) is 32.5. The summed E-state index contributed by atoms with van der Waals surface area (Å²) in [6.45, 7) is 12.1. The number of rotatable bonds is 3. The third-order valence-corrected chi connectivity index (χ3v) is 14.7. The third-order valence-electron chi connectivity index (χ3n) is 14.7. The average Bonchev–Trinajstić information content (AvgIpc) is 3.88. The average molecular weight is 677 g/mol. The maximum atomic E-state index is 14.4. The molecule has 5 aliphatic carbocycles. The second kappa shape index (κ2) is 9.36. The van der Waals surface area contributed by atoms with Crippen LogP contribution in [0.3, 0.4) is 0 Å². The maximum absolute atomic E-state index is 14.4. The summed E-state index contributed by atoms with van der Waals surface area (Å²) in [5.74, 6) is -10.9. The van der Waals surface area contributed by atoms with E-state index in [0.29, 0.717) is 0 Å². The zero-order valence-electron chi connectivity index (χ0n) is 28.2. The van der Waals surface area contributed by atoms with E-state index in [1.807, 2.05) is 6.92 Å². The van der Waals surface area contributed by atoms with E-state index >= 15 is 0 Å². The Labute approximate surface area is 277 Å². The van der Waals surface area contributed by atoms with E-state index in [9.17, 15) is 39.3 Å². The van der Waals surface area contributed by atoms with Crippen LogP contribution >= 0.6 is 0 Å². The largest absolute Gasteiger partial charge is 0.459 e. The van der Waals surface area contributed by atoms with Crippen molar-refractivity contribution in [3.63, 3.8) is 0 Å². The lowest BCUT2D eigenvalue weighted by atomic mass is 9.41. The van der Waals surface area contributed by atoms with Crippen LogP contribution in [-0.2, 0) is 52.4 Å². The molecule has 264 valence electrons. The van der Waals surface area contributed by atoms with Gasteiger partial charge in [-0.25, -0.2) is 4.79 Å². The van der Waals surface area contributed by atoms with Crippen LogP contribution in [0.4, 0.5) is 0 Å². The number of carbonyl (C=O) groups is 5. The summed E-state index contributed by atoms with van der Waals surface area (Å²) in [5, 5.41) is 36.8. The summed E-state index contributed by atoms with van der Waals surface area (Å²) in [5.41, 5.74) is -6.23. The molecule has 1 spiro atoms. The fraction of sp³-hybridized carbons (Fsp3) is 0.853. The number of hydrogen-bond acceptors (Lipinski definition) is 14. The van der Waals surface area contributed by atoms with Crippen molar-refractivity contribution in [3.05, 3.63) is 0 Å². The first-order valence-corrected chi connectivity index (χ1v) is 16.9. The Bertz CT molecular complexity index is 1540. The molecule has 0 amide bonds. The summed E-state index contributed by atoms with van der Waals surface area (Å²) in [4.78, 5) is 66.2. The molecule has 3 heterocycles. The van der Waals surface area contributed by atoms with Crippen LogP contribution in [0, 0.1) is 57.7 Å². The number of epoxide rings is 2. The van der Waals surface area contributed by atoms with Gasteiger partial charge in [0.25, 0.3) is 0 Å². The molecule has 14 nitrogen and oxygen atoms in total. The highest BCUT2D eigenvalue weighted by Crippen LogP contribution is 2.80. The summed E-state index contributed by atoms with van der Waals surface area (Å²) < 4.78 is 36.1. The van der Waals surface area contributed by atoms with Gasteiger partial charge < -0.3 is 43.7 Å². The summed E-state index contributed by atoms with van der Waals surface area (Å²) in [7, 11) is 0. The third kappa shape index (κ3) is 3.39. The minimum absolute atomic E-state index is 0.234. The van der Waals surface area contributed by atoms with E-state index < -0.39 is 141 Å². The molecule has 20 atom stereocenters. The van der Waals surface area contributed by atoms with E-state index in [-0.39, 0.29) is 12.5 Å². The van der Waals surface area contributed by atoms with E-state index in [4.69, 9.17) is 28.4 Å². The molecule has 48 heavy (non-hydrogen) atoms. The molecule has 5 saturated carbocycles. The van der Waals surface area contributed by atoms with Gasteiger partial charge in [-0.05, 0) is 32.1 Å². The normalized spacial score (nSPS) is 59.6. The van der Waals surface area contributed by atoms with Crippen LogP contribution < -0.4 is 0 Å². The Morgan fingerprint density at radius 2 is 1.44 bits per heavy atom. The van der Waals surface area contributed by atoms with Gasteiger partial charge in [0, 0.05) is 61.2 Å². The van der Waals surface area contributed by atoms with Crippen molar-refractivity contribution in [2.45, 2.75) is 122 Å². The summed E-state index contributed by atoms with van der Waals surface area (Å²) in [6.07, 6.45) is -7.90. The second-order valence-corrected chi connectivity index (χ2v) is 16.5. The molecule has 14 heteroatoms. The summed E-state index contributed by atoms with van der Waals surface area (Å²) >= 11 is 0. The van der Waals surface area contributed by atoms with E-state index in [1.165, 1.54) is 27.7 Å². The minimum atomic E-state index is -2.11. The fourth-order valence-electron chi connectivity index (χ4n) is 12.9. The standard InChI is InChI=1S/C34H44O14/c1-10-17-20(32(7)33(8,42)29(41)48-34(32)26(10)47-34)23(40)18-16-19(25(43-11(2)35)28(31(17,18)6)45-13(4)37)30(5)14(21(38)22(16)39)9-15-24(46-15)27(30)44-12(3)36/h10,14-20,22-28,39-40,42H,9H2,1-8H3. The van der Waals surface area contributed by atoms with Crippen molar-refractivity contribution >= 4 is 29.7 Å². The molecule has 3 saturated heterocycles. The molecule has 0 aromatic heterocycles. The molecule has 3 aliphatic heterocycles. The number of fused-ring (bicyclic) bond motifs is 9. The van der Waals surface area contributed by atoms with Crippen molar-refractivity contribution in [3.8, 4) is 0 Å². The molecular formula is C34H44O14. The monoisotopic (exact) mass is 676 g/mol. The number of esters is 4. The van der Waals surface area contributed by atoms with Crippen molar-refractivity contribution in [2.75, 3.05) is 0 Å². The Hall–Kier alpha value is -2.65. The SMILES string of the molecule is CC(=O)OC1C(OC(C)=O)C2(C)C(C(O)C3C2C(C)C2OC24OC(=O)C(C)(O)C34C)C2C(O)C(=O)C3CC4OC4C(OC(C)=O)C3(C)C12. The molecule has 0 radical (unpaired) electrons. The van der Waals surface area contributed by atoms with Crippen molar-refractivity contribution in [1.29, 1.82) is 0 Å². The zero-order chi connectivity index (χ0) is 35.0. The highest BCUT2D eigenvalue weighted by molar-refractivity contribution is 5.88. The summed E-state index contributed by atoms with van der Waals surface area (Å²) in [6, 6.07) is 0. The van der Waals surface area contributed by atoms with Gasteiger partial charge in [-0.1, -0.05) is 20.8 Å². The Balaban J connectivity index is 1.38.